The van der Waals surface area contributed by atoms with Crippen LogP contribution in [-0.4, -0.2) is 30.3 Å². The average Bonchev–Trinajstić information content (AvgIpc) is 3.53. The Morgan fingerprint density at radius 2 is 1.97 bits per heavy atom. The van der Waals surface area contributed by atoms with Crippen molar-refractivity contribution in [1.29, 1.82) is 0 Å². The Morgan fingerprint density at radius 3 is 2.63 bits per heavy atom. The normalized spacial score (nSPS) is 25.3. The molecule has 2 aliphatic carbocycles. The molecule has 2 heterocycles. The van der Waals surface area contributed by atoms with E-state index >= 15 is 0 Å². The first-order chi connectivity index (χ1) is 16.7. The number of benzene rings is 1. The molecule has 2 saturated carbocycles. The smallest absolute Gasteiger partial charge is 0.274 e. The predicted molar refractivity (Wildman–Crippen MR) is 130 cm³/mol. The van der Waals surface area contributed by atoms with E-state index < -0.39 is 11.4 Å². The molecule has 182 valence electrons. The molecular formula is C26H27ClFN5O2. The molecular weight excluding hydrogens is 469 g/mol. The average molecular weight is 496 g/mol. The maximum absolute atomic E-state index is 13.5. The van der Waals surface area contributed by atoms with Crippen molar-refractivity contribution in [3.63, 3.8) is 0 Å². The van der Waals surface area contributed by atoms with Crippen molar-refractivity contribution in [2.24, 2.45) is 25.9 Å². The first-order valence-corrected chi connectivity index (χ1v) is 12.0. The zero-order valence-electron chi connectivity index (χ0n) is 19.8. The highest BCUT2D eigenvalue weighted by atomic mass is 35.5. The summed E-state index contributed by atoms with van der Waals surface area (Å²) in [5.41, 5.74) is 2.21. The molecule has 0 spiro atoms. The molecule has 0 radical (unpaired) electrons. The molecule has 2 aliphatic rings. The Hall–Kier alpha value is -3.15. The van der Waals surface area contributed by atoms with Crippen molar-refractivity contribution >= 4 is 23.2 Å². The summed E-state index contributed by atoms with van der Waals surface area (Å²) in [4.78, 5) is 17.7. The highest BCUT2D eigenvalue weighted by Crippen LogP contribution is 2.56. The van der Waals surface area contributed by atoms with E-state index in [1.807, 2.05) is 13.1 Å². The van der Waals surface area contributed by atoms with Crippen LogP contribution >= 0.6 is 11.6 Å². The number of aromatic nitrogens is 4. The number of halogens is 2. The van der Waals surface area contributed by atoms with E-state index in [2.05, 4.69) is 27.2 Å². The van der Waals surface area contributed by atoms with Crippen molar-refractivity contribution in [3.8, 4) is 11.8 Å². The van der Waals surface area contributed by atoms with Gasteiger partial charge in [0, 0.05) is 25.7 Å². The highest BCUT2D eigenvalue weighted by Gasteiger charge is 2.51. The Kier molecular flexibility index (Phi) is 5.94. The zero-order valence-corrected chi connectivity index (χ0v) is 20.6. The molecule has 35 heavy (non-hydrogen) atoms. The quantitative estimate of drug-likeness (QED) is 0.527. The molecule has 0 aliphatic heterocycles. The van der Waals surface area contributed by atoms with Gasteiger partial charge in [0.05, 0.1) is 22.7 Å². The molecule has 1 aromatic carbocycles. The lowest BCUT2D eigenvalue weighted by Crippen LogP contribution is -2.26. The monoisotopic (exact) mass is 495 g/mol. The van der Waals surface area contributed by atoms with Crippen LogP contribution in [0.4, 0.5) is 10.1 Å². The van der Waals surface area contributed by atoms with E-state index in [1.165, 1.54) is 18.2 Å². The molecule has 1 amide bonds. The lowest BCUT2D eigenvalue weighted by atomic mass is 9.90. The first-order valence-electron chi connectivity index (χ1n) is 11.7. The zero-order chi connectivity index (χ0) is 24.9. The van der Waals surface area contributed by atoms with E-state index in [0.29, 0.717) is 41.8 Å². The second-order valence-corrected chi connectivity index (χ2v) is 10.1. The molecule has 2 fully saturated rings. The van der Waals surface area contributed by atoms with Gasteiger partial charge in [-0.3, -0.25) is 9.48 Å². The van der Waals surface area contributed by atoms with Gasteiger partial charge in [-0.25, -0.2) is 9.37 Å². The molecule has 9 heteroatoms. The molecule has 2 unspecified atom stereocenters. The number of nitrogens with zero attached hydrogens (tertiary/aromatic N) is 4. The predicted octanol–water partition coefficient (Wildman–Crippen LogP) is 4.36. The van der Waals surface area contributed by atoms with Crippen molar-refractivity contribution in [2.75, 3.05) is 5.32 Å². The number of hydrogen-bond acceptors (Lipinski definition) is 4. The molecule has 2 aromatic heterocycles. The van der Waals surface area contributed by atoms with Crippen molar-refractivity contribution < 1.29 is 14.3 Å². The highest BCUT2D eigenvalue weighted by molar-refractivity contribution is 6.31. The van der Waals surface area contributed by atoms with Gasteiger partial charge in [0.2, 0.25) is 0 Å². The minimum Gasteiger partial charge on any atom is -0.384 e. The van der Waals surface area contributed by atoms with Crippen LogP contribution in [0, 0.1) is 29.5 Å². The van der Waals surface area contributed by atoms with Crippen molar-refractivity contribution in [3.05, 3.63) is 64.2 Å². The van der Waals surface area contributed by atoms with E-state index in [9.17, 15) is 14.3 Å². The third kappa shape index (κ3) is 4.24. The Labute approximate surface area is 208 Å². The fourth-order valence-electron chi connectivity index (χ4n) is 5.97. The van der Waals surface area contributed by atoms with Gasteiger partial charge >= 0.3 is 0 Å². The molecule has 5 rings (SSSR count). The van der Waals surface area contributed by atoms with Gasteiger partial charge < -0.3 is 15.0 Å². The summed E-state index contributed by atoms with van der Waals surface area (Å²) in [7, 11) is 3.63. The summed E-state index contributed by atoms with van der Waals surface area (Å²) in [6, 6.07) is 5.98. The van der Waals surface area contributed by atoms with Crippen LogP contribution in [-0.2, 0) is 19.7 Å². The number of nitrogens with one attached hydrogen (secondary N) is 1. The van der Waals surface area contributed by atoms with Crippen molar-refractivity contribution in [1.82, 2.24) is 19.3 Å². The van der Waals surface area contributed by atoms with Gasteiger partial charge in [0.25, 0.3) is 5.91 Å². The minimum absolute atomic E-state index is 0.0496. The Bertz CT molecular complexity index is 1350. The fraction of sp³-hybridized carbons (Fsp3) is 0.423. The van der Waals surface area contributed by atoms with E-state index in [0.717, 1.165) is 24.2 Å². The van der Waals surface area contributed by atoms with Crippen LogP contribution in [0.15, 0.2) is 30.6 Å². The van der Waals surface area contributed by atoms with Crippen LogP contribution < -0.4 is 5.32 Å². The first kappa shape index (κ1) is 23.6. The van der Waals surface area contributed by atoms with Gasteiger partial charge in [-0.1, -0.05) is 17.5 Å². The molecule has 2 N–H and O–H groups in total. The van der Waals surface area contributed by atoms with Crippen LogP contribution in [0.25, 0.3) is 0 Å². The number of anilines is 1. The SMILES string of the molecule is CC#Cc1cc(C2(O)CC3CC(c4ncn(C)c4C(=O)Nc4ccc(F)c(Cl)c4)CC3C2)n(C)n1. The van der Waals surface area contributed by atoms with Crippen LogP contribution in [0.3, 0.4) is 0 Å². The molecule has 7 nitrogen and oxygen atoms in total. The Balaban J connectivity index is 1.32. The van der Waals surface area contributed by atoms with E-state index in [4.69, 9.17) is 11.6 Å². The van der Waals surface area contributed by atoms with Crippen molar-refractivity contribution in [2.45, 2.75) is 44.1 Å². The summed E-state index contributed by atoms with van der Waals surface area (Å²) >= 11 is 5.86. The van der Waals surface area contributed by atoms with Gasteiger partial charge in [-0.15, -0.1) is 0 Å². The largest absolute Gasteiger partial charge is 0.384 e. The number of imidazole rings is 1. The van der Waals surface area contributed by atoms with Gasteiger partial charge in [0.15, 0.2) is 0 Å². The standard InChI is InChI=1S/C26H27ClFN5O2/c1-4-5-19-11-22(33(3)31-19)26(35)12-16-8-15(9-17(16)13-26)23-24(32(2)14-29-23)25(34)30-18-6-7-21(28)20(27)10-18/h6-7,10-11,14-17,35H,8-9,12-13H2,1-3H3,(H,30,34). The lowest BCUT2D eigenvalue weighted by Gasteiger charge is -2.25. The van der Waals surface area contributed by atoms with Gasteiger partial charge in [-0.2, -0.15) is 5.10 Å². The number of rotatable bonds is 4. The molecule has 0 bridgehead atoms. The number of hydrogen-bond donors (Lipinski definition) is 2. The third-order valence-corrected chi connectivity index (χ3v) is 7.68. The van der Waals surface area contributed by atoms with E-state index in [1.54, 1.807) is 29.5 Å². The molecule has 2 atom stereocenters. The summed E-state index contributed by atoms with van der Waals surface area (Å²) in [6.45, 7) is 1.77. The lowest BCUT2D eigenvalue weighted by molar-refractivity contribution is 0.0263. The Morgan fingerprint density at radius 1 is 1.26 bits per heavy atom. The summed E-state index contributed by atoms with van der Waals surface area (Å²) in [5, 5.41) is 18.7. The number of aryl methyl sites for hydroxylation is 2. The van der Waals surface area contributed by atoms with Crippen LogP contribution in [0.5, 0.6) is 0 Å². The maximum atomic E-state index is 13.5. The summed E-state index contributed by atoms with van der Waals surface area (Å²) in [5.74, 6) is 5.75. The maximum Gasteiger partial charge on any atom is 0.274 e. The summed E-state index contributed by atoms with van der Waals surface area (Å²) < 4.78 is 16.9. The summed E-state index contributed by atoms with van der Waals surface area (Å²) in [6.07, 6.45) is 4.65. The van der Waals surface area contributed by atoms with E-state index in [-0.39, 0.29) is 16.8 Å². The topological polar surface area (TPSA) is 85.0 Å². The number of carbonyl (C=O) groups is 1. The number of amides is 1. The third-order valence-electron chi connectivity index (χ3n) is 7.40. The number of fused-ring (bicyclic) bond motifs is 1. The van der Waals surface area contributed by atoms with Crippen LogP contribution in [0.1, 0.15) is 66.1 Å². The number of aliphatic hydroxyl groups is 1. The number of carbonyl (C=O) groups excluding carboxylic acids is 1. The second kappa shape index (κ2) is 8.81. The minimum atomic E-state index is -0.929. The van der Waals surface area contributed by atoms with Crippen LogP contribution in [0.2, 0.25) is 5.02 Å². The van der Waals surface area contributed by atoms with Gasteiger partial charge in [-0.05, 0) is 74.6 Å². The second-order valence-electron chi connectivity index (χ2n) is 9.71. The molecule has 3 aromatic rings. The molecule has 0 saturated heterocycles. The fourth-order valence-corrected chi connectivity index (χ4v) is 6.16. The van der Waals surface area contributed by atoms with Gasteiger partial charge in [0.1, 0.15) is 22.8 Å².